The number of allylic oxidation sites excluding steroid dienone is 8. The third-order valence-corrected chi connectivity index (χ3v) is 29.1. The topological polar surface area (TPSA) is 12.0 Å². The first-order valence-corrected chi connectivity index (χ1v) is 40.7. The van der Waals surface area contributed by atoms with E-state index >= 15 is 0 Å². The fourth-order valence-corrected chi connectivity index (χ4v) is 23.1. The molecule has 0 aromatic carbocycles. The van der Waals surface area contributed by atoms with Crippen molar-refractivity contribution in [2.24, 2.45) is 63.6 Å². The quantitative estimate of drug-likeness (QED) is 0.0611. The minimum absolute atomic E-state index is 0. The summed E-state index contributed by atoms with van der Waals surface area (Å²) in [6.07, 6.45) is 45.8. The third-order valence-electron chi connectivity index (χ3n) is 20.1. The predicted molar refractivity (Wildman–Crippen MR) is 330 cm³/mol. The van der Waals surface area contributed by atoms with Gasteiger partial charge in [-0.15, -0.1) is 6.58 Å². The fraction of sp³-hybridized carbons (Fsp3) is 0.857. The van der Waals surface area contributed by atoms with Crippen LogP contribution < -0.4 is 5.32 Å². The van der Waals surface area contributed by atoms with Gasteiger partial charge in [-0.2, -0.15) is 0 Å². The molecule has 0 saturated heterocycles. The molecule has 1 nitrogen and oxygen atoms in total. The zero-order valence-corrected chi connectivity index (χ0v) is 58.2. The Morgan fingerprint density at radius 1 is 0.861 bits per heavy atom. The molecule has 1 spiro atoms. The molecule has 422 valence electrons. The van der Waals surface area contributed by atoms with Gasteiger partial charge in [-0.3, -0.25) is 0 Å². The van der Waals surface area contributed by atoms with Crippen LogP contribution in [-0.2, 0) is 24.6 Å². The molecular weight excluding hydrogens is 1060 g/mol. The molecule has 0 radical (unpaired) electrons. The summed E-state index contributed by atoms with van der Waals surface area (Å²) >= 11 is -0.721. The molecule has 1 N–H and O–H groups in total. The van der Waals surface area contributed by atoms with Crippen LogP contribution >= 0.6 is 0 Å². The Hall–Kier alpha value is -0.565. The monoisotopic (exact) mass is 1190 g/mol. The summed E-state index contributed by atoms with van der Waals surface area (Å²) in [5.41, 5.74) is 8.82. The summed E-state index contributed by atoms with van der Waals surface area (Å²) < 4.78 is 3.58. The number of nitrogens with one attached hydrogen (secondary N) is 1. The van der Waals surface area contributed by atoms with E-state index in [-0.39, 0.29) is 7.43 Å². The predicted octanol–water partition coefficient (Wildman–Crippen LogP) is 24.4. The van der Waals surface area contributed by atoms with E-state index in [4.69, 9.17) is 0 Å². The Morgan fingerprint density at radius 2 is 1.51 bits per heavy atom. The maximum Gasteiger partial charge on any atom is -0.00569 e. The molecule has 2 heteroatoms. The van der Waals surface area contributed by atoms with Gasteiger partial charge in [0.2, 0.25) is 0 Å². The molecule has 3 saturated carbocycles. The minimum Gasteiger partial charge on any atom is -0.0842 e. The van der Waals surface area contributed by atoms with Gasteiger partial charge in [0.15, 0.2) is 0 Å². The van der Waals surface area contributed by atoms with Crippen LogP contribution in [0, 0.1) is 63.6 Å². The first-order chi connectivity index (χ1) is 34.0. The first-order valence-electron chi connectivity index (χ1n) is 32.1. The zero-order valence-electron chi connectivity index (χ0n) is 52.8. The Labute approximate surface area is 470 Å². The smallest absolute Gasteiger partial charge is 0.00569 e. The second-order valence-electron chi connectivity index (χ2n) is 24.3. The van der Waals surface area contributed by atoms with E-state index in [1.165, 1.54) is 161 Å². The molecule has 5 rings (SSSR count). The Kier molecular flexibility index (Phi) is 41.5. The van der Waals surface area contributed by atoms with Crippen LogP contribution in [0.1, 0.15) is 306 Å². The normalized spacial score (nSPS) is 29.6. The standard InChI is InChI=1S/C33H54.C18H34N.C8H16.C5H12.2C2H6.CH4.CH3.Hg/c1-9-21(3)17-26-20-33(23(5)22(26)4)16-13-29-28(24(33)6)19-30-31(7)14-11-25(10-2)18-27(31)12-15-32(29,30)8;1-6-11-16(4)12-9-10-13-17(5)15-18(8-3)19-14-7-2;1-3-5-7-8-6-4-2;1-3-5-4-2;2*1-2;;;/h12,21-23,25-26,29-30H,9-11,13-20H2,1-8H3;7,11,14-15,17-19H,6,8-10,12-13H2,1-5H3;3H,1,4-8H2,2H3;3-5H2,1-2H3;2*1-2H3;1H4;1H3;/b;14-7?,16-11+;;;;;;;/t21?,22?,23-,25?,26?,29?,30?,31?,32?,33?;;;;;;;;/m1......../s1. The van der Waals surface area contributed by atoms with Crippen LogP contribution in [0.15, 0.2) is 59.4 Å². The average Bonchev–Trinajstić information content (AvgIpc) is 3.82. The van der Waals surface area contributed by atoms with Gasteiger partial charge >= 0.3 is 147 Å². The molecule has 0 aliphatic heterocycles. The minimum atomic E-state index is -0.721. The van der Waals surface area contributed by atoms with E-state index in [0.29, 0.717) is 16.2 Å². The van der Waals surface area contributed by atoms with Gasteiger partial charge in [-0.25, -0.2) is 0 Å². The van der Waals surface area contributed by atoms with Crippen molar-refractivity contribution in [1.29, 1.82) is 0 Å². The summed E-state index contributed by atoms with van der Waals surface area (Å²) in [7, 11) is 0. The molecule has 5 aliphatic rings. The molecule has 0 heterocycles. The summed E-state index contributed by atoms with van der Waals surface area (Å²) in [5, 5.41) is 3.64. The Morgan fingerprint density at radius 3 is 2.04 bits per heavy atom. The average molecular weight is 1190 g/mol. The molecule has 5 aliphatic carbocycles. The fourth-order valence-electron chi connectivity index (χ4n) is 15.0. The number of rotatable bonds is 23. The Balaban J connectivity index is 0. The van der Waals surface area contributed by atoms with Crippen LogP contribution in [0.25, 0.3) is 0 Å². The number of hydrogen-bond donors (Lipinski definition) is 1. The second kappa shape index (κ2) is 40.6. The largest absolute Gasteiger partial charge is 0.0842 e. The molecule has 13 atom stereocenters. The maximum absolute atomic E-state index is 3.66. The van der Waals surface area contributed by atoms with Crippen molar-refractivity contribution >= 4 is 0 Å². The first kappa shape index (κ1) is 73.5. The number of fused-ring (bicyclic) bond motifs is 5. The number of hydrogen-bond acceptors (Lipinski definition) is 1. The zero-order chi connectivity index (χ0) is 54.2. The molecule has 3 fully saturated rings. The van der Waals surface area contributed by atoms with E-state index in [1.807, 2.05) is 50.5 Å². The van der Waals surface area contributed by atoms with Crippen molar-refractivity contribution in [2.45, 2.75) is 320 Å². The van der Waals surface area contributed by atoms with E-state index in [2.05, 4.69) is 152 Å². The molecule has 72 heavy (non-hydrogen) atoms. The molecule has 0 bridgehead atoms. The van der Waals surface area contributed by atoms with E-state index in [9.17, 15) is 0 Å². The van der Waals surface area contributed by atoms with Gasteiger partial charge in [-0.05, 0) is 135 Å². The van der Waals surface area contributed by atoms with Crippen LogP contribution in [0.3, 0.4) is 0 Å². The van der Waals surface area contributed by atoms with Crippen LogP contribution in [0.5, 0.6) is 0 Å². The van der Waals surface area contributed by atoms with Gasteiger partial charge in [0.1, 0.15) is 0 Å². The van der Waals surface area contributed by atoms with Gasteiger partial charge in [0.25, 0.3) is 0 Å². The van der Waals surface area contributed by atoms with E-state index in [1.54, 1.807) is 5.57 Å². The van der Waals surface area contributed by atoms with Gasteiger partial charge in [0, 0.05) is 0 Å². The van der Waals surface area contributed by atoms with Crippen LogP contribution in [-0.4, -0.2) is 6.04 Å². The molecule has 0 aromatic rings. The third kappa shape index (κ3) is 21.3. The van der Waals surface area contributed by atoms with E-state index < -0.39 is 24.6 Å². The molecule has 0 aromatic heterocycles. The summed E-state index contributed by atoms with van der Waals surface area (Å²) in [4.78, 5) is 0. The maximum atomic E-state index is 3.66. The molecule has 0 amide bonds. The van der Waals surface area contributed by atoms with E-state index in [0.717, 1.165) is 56.8 Å². The SMILES string of the molecule is C.C=CCCCCCC.CC.CC.CC=CNC(CC)[CH]([Hg][CH3])C(C)CCCC/C(C)=C/CC.CCC(C)CC1CC2(CCC3C(=C2C)CC2C4(C)CCC(CC)CC4=CCC32C)[C@H](C)C1C.CCCCC. The van der Waals surface area contributed by atoms with Gasteiger partial charge in [0.05, 0.1) is 0 Å². The van der Waals surface area contributed by atoms with Gasteiger partial charge in [-0.1, -0.05) is 185 Å². The summed E-state index contributed by atoms with van der Waals surface area (Å²) in [6, 6.07) is 0.726. The molecular formula is C70H135HgN. The van der Waals surface area contributed by atoms with Crippen LogP contribution in [0.4, 0.5) is 0 Å². The van der Waals surface area contributed by atoms with Crippen molar-refractivity contribution in [3.8, 4) is 0 Å². The van der Waals surface area contributed by atoms with Crippen molar-refractivity contribution in [2.75, 3.05) is 0 Å². The van der Waals surface area contributed by atoms with Crippen molar-refractivity contribution in [1.82, 2.24) is 5.32 Å². The number of unbranched alkanes of at least 4 members (excludes halogenated alkanes) is 7. The van der Waals surface area contributed by atoms with Crippen molar-refractivity contribution < 1.29 is 24.6 Å². The van der Waals surface area contributed by atoms with Crippen molar-refractivity contribution in [3.63, 3.8) is 0 Å². The second-order valence-corrected chi connectivity index (χ2v) is 31.2. The summed E-state index contributed by atoms with van der Waals surface area (Å²) in [6.45, 7) is 50.3. The van der Waals surface area contributed by atoms with Crippen LogP contribution in [0.2, 0.25) is 7.86 Å². The molecule has 12 unspecified atom stereocenters. The van der Waals surface area contributed by atoms with Crippen molar-refractivity contribution in [3.05, 3.63) is 59.4 Å². The van der Waals surface area contributed by atoms with Gasteiger partial charge < -0.3 is 0 Å². The Bertz CT molecular complexity index is 1480. The summed E-state index contributed by atoms with van der Waals surface area (Å²) in [5.74, 6) is 7.19.